The lowest BCUT2D eigenvalue weighted by Gasteiger charge is -2.20. The molecule has 0 aliphatic heterocycles. The SMILES string of the molecule is CCCNC(=O)C[NH+](C)[C@@H](C)C(=O)Nc1ccccc1. The quantitative estimate of drug-likeness (QED) is 0.660. The van der Waals surface area contributed by atoms with E-state index in [4.69, 9.17) is 0 Å². The summed E-state index contributed by atoms with van der Waals surface area (Å²) >= 11 is 0. The second kappa shape index (κ2) is 8.32. The Balaban J connectivity index is 2.45. The second-order valence-electron chi connectivity index (χ2n) is 4.95. The van der Waals surface area contributed by atoms with E-state index in [1.807, 2.05) is 51.2 Å². The van der Waals surface area contributed by atoms with Crippen LogP contribution < -0.4 is 15.5 Å². The van der Waals surface area contributed by atoms with Gasteiger partial charge in [-0.15, -0.1) is 0 Å². The number of anilines is 1. The van der Waals surface area contributed by atoms with Gasteiger partial charge in [0.2, 0.25) is 0 Å². The first kappa shape index (κ1) is 16.2. The average molecular weight is 278 g/mol. The number of hydrogen-bond donors (Lipinski definition) is 3. The molecule has 1 rings (SSSR count). The molecule has 0 saturated heterocycles. The number of para-hydroxylation sites is 1. The molecule has 1 unspecified atom stereocenters. The number of carbonyl (C=O) groups is 2. The normalized spacial score (nSPS) is 13.3. The number of rotatable bonds is 7. The van der Waals surface area contributed by atoms with Gasteiger partial charge in [-0.05, 0) is 25.5 Å². The van der Waals surface area contributed by atoms with E-state index in [0.717, 1.165) is 17.0 Å². The van der Waals surface area contributed by atoms with Crippen molar-refractivity contribution in [3.63, 3.8) is 0 Å². The van der Waals surface area contributed by atoms with Crippen molar-refractivity contribution in [3.8, 4) is 0 Å². The smallest absolute Gasteiger partial charge is 0.282 e. The summed E-state index contributed by atoms with van der Waals surface area (Å²) in [6, 6.07) is 9.03. The Labute approximate surface area is 120 Å². The van der Waals surface area contributed by atoms with Crippen molar-refractivity contribution < 1.29 is 14.5 Å². The zero-order chi connectivity index (χ0) is 15.0. The molecule has 0 aliphatic rings. The van der Waals surface area contributed by atoms with E-state index in [-0.39, 0.29) is 17.9 Å². The Hall–Kier alpha value is -1.88. The molecular formula is C15H24N3O2+. The third-order valence-corrected chi connectivity index (χ3v) is 3.19. The van der Waals surface area contributed by atoms with E-state index in [1.54, 1.807) is 0 Å². The highest BCUT2D eigenvalue weighted by atomic mass is 16.2. The molecule has 0 radical (unpaired) electrons. The van der Waals surface area contributed by atoms with Crippen LogP contribution in [-0.4, -0.2) is 38.0 Å². The van der Waals surface area contributed by atoms with Gasteiger partial charge in [0.15, 0.2) is 12.6 Å². The molecule has 2 amide bonds. The van der Waals surface area contributed by atoms with Crippen molar-refractivity contribution in [1.29, 1.82) is 0 Å². The number of hydrogen-bond acceptors (Lipinski definition) is 2. The Morgan fingerprint density at radius 1 is 1.25 bits per heavy atom. The largest absolute Gasteiger partial charge is 0.351 e. The zero-order valence-corrected chi connectivity index (χ0v) is 12.4. The highest BCUT2D eigenvalue weighted by Crippen LogP contribution is 2.04. The van der Waals surface area contributed by atoms with Gasteiger partial charge in [0.05, 0.1) is 7.05 Å². The summed E-state index contributed by atoms with van der Waals surface area (Å²) in [5.74, 6) is -0.110. The summed E-state index contributed by atoms with van der Waals surface area (Å²) in [7, 11) is 1.85. The number of likely N-dealkylation sites (N-methyl/N-ethyl adjacent to an activating group) is 1. The van der Waals surface area contributed by atoms with Gasteiger partial charge in [0, 0.05) is 12.2 Å². The minimum atomic E-state index is -0.289. The number of amides is 2. The maximum Gasteiger partial charge on any atom is 0.282 e. The van der Waals surface area contributed by atoms with Crippen molar-refractivity contribution in [3.05, 3.63) is 30.3 Å². The first-order valence-corrected chi connectivity index (χ1v) is 6.99. The minimum Gasteiger partial charge on any atom is -0.351 e. The molecule has 0 aromatic heterocycles. The molecule has 3 N–H and O–H groups in total. The fourth-order valence-corrected chi connectivity index (χ4v) is 1.73. The molecule has 0 saturated carbocycles. The summed E-state index contributed by atoms with van der Waals surface area (Å²) in [6.45, 7) is 4.80. The molecule has 20 heavy (non-hydrogen) atoms. The van der Waals surface area contributed by atoms with E-state index in [9.17, 15) is 9.59 Å². The highest BCUT2D eigenvalue weighted by Gasteiger charge is 2.23. The van der Waals surface area contributed by atoms with E-state index in [1.165, 1.54) is 0 Å². The fourth-order valence-electron chi connectivity index (χ4n) is 1.73. The number of carbonyl (C=O) groups excluding carboxylic acids is 2. The Bertz CT molecular complexity index is 434. The molecule has 5 heteroatoms. The topological polar surface area (TPSA) is 62.6 Å². The van der Waals surface area contributed by atoms with Crippen molar-refractivity contribution in [2.45, 2.75) is 26.3 Å². The lowest BCUT2D eigenvalue weighted by molar-refractivity contribution is -0.885. The minimum absolute atomic E-state index is 0.0243. The molecule has 110 valence electrons. The first-order chi connectivity index (χ1) is 9.54. The molecule has 0 bridgehead atoms. The maximum absolute atomic E-state index is 12.1. The van der Waals surface area contributed by atoms with Gasteiger partial charge >= 0.3 is 0 Å². The van der Waals surface area contributed by atoms with Gasteiger partial charge in [-0.25, -0.2) is 0 Å². The van der Waals surface area contributed by atoms with Crippen LogP contribution in [0.15, 0.2) is 30.3 Å². The van der Waals surface area contributed by atoms with Gasteiger partial charge in [-0.3, -0.25) is 9.59 Å². The second-order valence-corrected chi connectivity index (χ2v) is 4.95. The van der Waals surface area contributed by atoms with Crippen LogP contribution in [0.4, 0.5) is 5.69 Å². The molecular weight excluding hydrogens is 254 g/mol. The van der Waals surface area contributed by atoms with Crippen LogP contribution >= 0.6 is 0 Å². The first-order valence-electron chi connectivity index (χ1n) is 6.99. The average Bonchev–Trinajstić information content (AvgIpc) is 2.45. The summed E-state index contributed by atoms with van der Waals surface area (Å²) in [5.41, 5.74) is 0.771. The van der Waals surface area contributed by atoms with Crippen LogP contribution in [-0.2, 0) is 9.59 Å². The summed E-state index contributed by atoms with van der Waals surface area (Å²) < 4.78 is 0. The van der Waals surface area contributed by atoms with Crippen LogP contribution in [0.2, 0.25) is 0 Å². The molecule has 0 heterocycles. The molecule has 2 atom stereocenters. The zero-order valence-electron chi connectivity index (χ0n) is 12.4. The van der Waals surface area contributed by atoms with E-state index in [0.29, 0.717) is 13.1 Å². The van der Waals surface area contributed by atoms with Gasteiger partial charge in [0.25, 0.3) is 11.8 Å². The van der Waals surface area contributed by atoms with Gasteiger partial charge < -0.3 is 15.5 Å². The standard InChI is InChI=1S/C15H23N3O2/c1-4-10-16-14(19)11-18(3)12(2)15(20)17-13-8-6-5-7-9-13/h5-9,12H,4,10-11H2,1-3H3,(H,16,19)(H,17,20)/p+1/t12-/m0/s1. The van der Waals surface area contributed by atoms with Crippen LogP contribution in [0.25, 0.3) is 0 Å². The van der Waals surface area contributed by atoms with E-state index in [2.05, 4.69) is 10.6 Å². The number of nitrogens with one attached hydrogen (secondary N) is 3. The molecule has 0 spiro atoms. The van der Waals surface area contributed by atoms with Gasteiger partial charge in [-0.1, -0.05) is 25.1 Å². The van der Waals surface area contributed by atoms with Gasteiger partial charge in [0.1, 0.15) is 0 Å². The Kier molecular flexibility index (Phi) is 6.73. The van der Waals surface area contributed by atoms with Crippen LogP contribution in [0.5, 0.6) is 0 Å². The molecule has 5 nitrogen and oxygen atoms in total. The maximum atomic E-state index is 12.1. The van der Waals surface area contributed by atoms with Crippen molar-refractivity contribution in [1.82, 2.24) is 5.32 Å². The van der Waals surface area contributed by atoms with Crippen molar-refractivity contribution in [2.75, 3.05) is 25.5 Å². The van der Waals surface area contributed by atoms with E-state index < -0.39 is 0 Å². The Morgan fingerprint density at radius 2 is 1.90 bits per heavy atom. The lowest BCUT2D eigenvalue weighted by atomic mass is 10.2. The summed E-state index contributed by atoms with van der Waals surface area (Å²) in [6.07, 6.45) is 0.912. The monoisotopic (exact) mass is 278 g/mol. The van der Waals surface area contributed by atoms with Gasteiger partial charge in [-0.2, -0.15) is 0 Å². The summed E-state index contributed by atoms with van der Waals surface area (Å²) in [5, 5.41) is 5.66. The number of quaternary nitrogens is 1. The van der Waals surface area contributed by atoms with Crippen LogP contribution in [0, 0.1) is 0 Å². The van der Waals surface area contributed by atoms with Crippen LogP contribution in [0.3, 0.4) is 0 Å². The van der Waals surface area contributed by atoms with Crippen LogP contribution in [0.1, 0.15) is 20.3 Å². The lowest BCUT2D eigenvalue weighted by Crippen LogP contribution is -3.15. The van der Waals surface area contributed by atoms with Crippen molar-refractivity contribution in [2.24, 2.45) is 0 Å². The predicted molar refractivity (Wildman–Crippen MR) is 79.6 cm³/mol. The molecule has 1 aromatic rings. The fraction of sp³-hybridized carbons (Fsp3) is 0.467. The molecule has 0 fully saturated rings. The molecule has 0 aliphatic carbocycles. The third kappa shape index (κ3) is 5.40. The number of benzene rings is 1. The van der Waals surface area contributed by atoms with E-state index >= 15 is 0 Å². The third-order valence-electron chi connectivity index (χ3n) is 3.19. The predicted octanol–water partition coefficient (Wildman–Crippen LogP) is 0.0545. The highest BCUT2D eigenvalue weighted by molar-refractivity contribution is 5.93. The van der Waals surface area contributed by atoms with Crippen molar-refractivity contribution >= 4 is 17.5 Å². The summed E-state index contributed by atoms with van der Waals surface area (Å²) in [4.78, 5) is 24.6. The molecule has 1 aromatic carbocycles. The Morgan fingerprint density at radius 3 is 2.50 bits per heavy atom.